The maximum Gasteiger partial charge on any atom is 0.247 e. The number of nitrogens with one attached hydrogen (secondary N) is 1. The predicted octanol–water partition coefficient (Wildman–Crippen LogP) is 3.87. The van der Waals surface area contributed by atoms with E-state index in [-0.39, 0.29) is 36.8 Å². The second-order valence-corrected chi connectivity index (χ2v) is 14.0. The Morgan fingerprint density at radius 3 is 2.40 bits per heavy atom. The minimum Gasteiger partial charge on any atom is -0.493 e. The van der Waals surface area contributed by atoms with Crippen molar-refractivity contribution >= 4 is 40.7 Å². The molecule has 2 amide bonds. The maximum atomic E-state index is 13.8. The lowest BCUT2D eigenvalue weighted by Crippen LogP contribution is -2.59. The van der Waals surface area contributed by atoms with Crippen LogP contribution in [0.4, 0.5) is 0 Å². The van der Waals surface area contributed by atoms with E-state index in [4.69, 9.17) is 9.47 Å². The van der Waals surface area contributed by atoms with Crippen LogP contribution in [-0.2, 0) is 9.59 Å². The molecule has 1 aromatic rings. The second kappa shape index (κ2) is 13.2. The highest BCUT2D eigenvalue weighted by Gasteiger charge is 2.53. The normalized spacial score (nSPS) is 31.3. The maximum absolute atomic E-state index is 13.8. The largest absolute Gasteiger partial charge is 0.493 e. The molecule has 4 bridgehead atoms. The van der Waals surface area contributed by atoms with Gasteiger partial charge in [0.15, 0.2) is 11.5 Å². The molecule has 42 heavy (non-hydrogen) atoms. The first-order valence-corrected chi connectivity index (χ1v) is 16.3. The zero-order chi connectivity index (χ0) is 30.0. The van der Waals surface area contributed by atoms with Gasteiger partial charge in [0.05, 0.1) is 23.3 Å². The minimum absolute atomic E-state index is 0.00411. The minimum atomic E-state index is -1.10. The Hall–Kier alpha value is -2.18. The Bertz CT molecular complexity index is 1180. The lowest BCUT2D eigenvalue weighted by Gasteiger charge is -2.58. The van der Waals surface area contributed by atoms with Crippen molar-refractivity contribution in [1.29, 1.82) is 0 Å². The van der Waals surface area contributed by atoms with Gasteiger partial charge in [0, 0.05) is 37.1 Å². The van der Waals surface area contributed by atoms with Crippen LogP contribution in [0.1, 0.15) is 75.1 Å². The van der Waals surface area contributed by atoms with Crippen molar-refractivity contribution in [1.82, 2.24) is 10.2 Å². The van der Waals surface area contributed by atoms with Crippen molar-refractivity contribution in [2.45, 2.75) is 83.0 Å². The van der Waals surface area contributed by atoms with Crippen molar-refractivity contribution in [3.63, 3.8) is 0 Å². The number of hydrogen-bond acceptors (Lipinski definition) is 7. The number of rotatable bonds is 12. The van der Waals surface area contributed by atoms with Crippen molar-refractivity contribution in [2.24, 2.45) is 23.2 Å². The highest BCUT2D eigenvalue weighted by atomic mass is 127. The SMILES string of the molecule is CCCC(=O)N(CC12CC3CC(CC(C3)C1)C2)C1CC(C(=O)NCCO)=CC(Oc2c(I)cc(C=O)cc2OC)C1O. The van der Waals surface area contributed by atoms with Crippen LogP contribution in [0.25, 0.3) is 0 Å². The van der Waals surface area contributed by atoms with Crippen LogP contribution in [0.5, 0.6) is 11.5 Å². The summed E-state index contributed by atoms with van der Waals surface area (Å²) < 4.78 is 12.5. The third-order valence-corrected chi connectivity index (χ3v) is 10.5. The fraction of sp³-hybridized carbons (Fsp3) is 0.656. The number of nitrogens with zero attached hydrogens (tertiary/aromatic N) is 1. The number of methoxy groups -OCH3 is 1. The average Bonchev–Trinajstić information content (AvgIpc) is 2.95. The number of hydrogen-bond donors (Lipinski definition) is 3. The molecular weight excluding hydrogens is 651 g/mol. The van der Waals surface area contributed by atoms with Gasteiger partial charge >= 0.3 is 0 Å². The fourth-order valence-electron chi connectivity index (χ4n) is 8.43. The van der Waals surface area contributed by atoms with E-state index in [0.717, 1.165) is 43.3 Å². The Morgan fingerprint density at radius 2 is 1.83 bits per heavy atom. The first-order chi connectivity index (χ1) is 20.2. The van der Waals surface area contributed by atoms with Gasteiger partial charge in [-0.05, 0) is 109 Å². The molecule has 3 unspecified atom stereocenters. The van der Waals surface area contributed by atoms with Crippen molar-refractivity contribution in [3.8, 4) is 11.5 Å². The summed E-state index contributed by atoms with van der Waals surface area (Å²) >= 11 is 2.06. The summed E-state index contributed by atoms with van der Waals surface area (Å²) in [6.45, 7) is 2.47. The number of aliphatic hydroxyl groups excluding tert-OH is 2. The second-order valence-electron chi connectivity index (χ2n) is 12.9. The molecule has 0 aliphatic heterocycles. The number of aldehydes is 1. The molecule has 9 nitrogen and oxygen atoms in total. The van der Waals surface area contributed by atoms with Gasteiger partial charge < -0.3 is 29.9 Å². The van der Waals surface area contributed by atoms with Crippen molar-refractivity contribution < 1.29 is 34.1 Å². The molecule has 1 aromatic carbocycles. The fourth-order valence-corrected chi connectivity index (χ4v) is 9.18. The van der Waals surface area contributed by atoms with Gasteiger partial charge in [0.2, 0.25) is 11.8 Å². The van der Waals surface area contributed by atoms with Crippen molar-refractivity contribution in [3.05, 3.63) is 32.9 Å². The molecule has 6 rings (SSSR count). The van der Waals surface area contributed by atoms with Crippen LogP contribution in [0.15, 0.2) is 23.8 Å². The van der Waals surface area contributed by atoms with Crippen LogP contribution in [0.2, 0.25) is 0 Å². The van der Waals surface area contributed by atoms with Gasteiger partial charge in [-0.25, -0.2) is 0 Å². The van der Waals surface area contributed by atoms with E-state index < -0.39 is 18.2 Å². The van der Waals surface area contributed by atoms with Gasteiger partial charge in [0.25, 0.3) is 0 Å². The summed E-state index contributed by atoms with van der Waals surface area (Å²) in [7, 11) is 1.48. The van der Waals surface area contributed by atoms with Gasteiger partial charge in [-0.1, -0.05) is 6.92 Å². The van der Waals surface area contributed by atoms with Crippen LogP contribution in [0.3, 0.4) is 0 Å². The highest BCUT2D eigenvalue weighted by Crippen LogP contribution is 2.60. The van der Waals surface area contributed by atoms with Crippen molar-refractivity contribution in [2.75, 3.05) is 26.8 Å². The Balaban J connectivity index is 1.49. The zero-order valence-electron chi connectivity index (χ0n) is 24.5. The molecule has 3 atom stereocenters. The molecule has 0 saturated heterocycles. The summed E-state index contributed by atoms with van der Waals surface area (Å²) in [5, 5.41) is 23.9. The zero-order valence-corrected chi connectivity index (χ0v) is 26.7. The third kappa shape index (κ3) is 6.50. The van der Waals surface area contributed by atoms with Gasteiger partial charge in [0.1, 0.15) is 18.5 Å². The first kappa shape index (κ1) is 31.3. The van der Waals surface area contributed by atoms with Gasteiger partial charge in [-0.15, -0.1) is 0 Å². The summed E-state index contributed by atoms with van der Waals surface area (Å²) in [6, 6.07) is 2.58. The van der Waals surface area contributed by atoms with E-state index >= 15 is 0 Å². The van der Waals surface area contributed by atoms with E-state index in [2.05, 4.69) is 27.9 Å². The Kier molecular flexibility index (Phi) is 9.83. The molecule has 0 spiro atoms. The van der Waals surface area contributed by atoms with Gasteiger partial charge in [-0.2, -0.15) is 0 Å². The number of carbonyl (C=O) groups excluding carboxylic acids is 3. The smallest absolute Gasteiger partial charge is 0.247 e. The molecule has 4 saturated carbocycles. The molecule has 5 aliphatic carbocycles. The first-order valence-electron chi connectivity index (χ1n) is 15.3. The molecular formula is C32H43IN2O7. The summed E-state index contributed by atoms with van der Waals surface area (Å²) in [5.74, 6) is 2.49. The molecule has 10 heteroatoms. The molecule has 5 aliphatic rings. The molecule has 4 fully saturated rings. The number of ether oxygens (including phenoxy) is 2. The van der Waals surface area contributed by atoms with E-state index in [9.17, 15) is 24.6 Å². The topological polar surface area (TPSA) is 125 Å². The van der Waals surface area contributed by atoms with Crippen LogP contribution >= 0.6 is 22.6 Å². The third-order valence-electron chi connectivity index (χ3n) is 9.71. The Morgan fingerprint density at radius 1 is 1.17 bits per heavy atom. The van der Waals surface area contributed by atoms with Gasteiger partial charge in [-0.3, -0.25) is 14.4 Å². The molecule has 0 aromatic heterocycles. The Labute approximate surface area is 261 Å². The molecule has 0 heterocycles. The number of benzene rings is 1. The number of carbonyl (C=O) groups is 3. The molecule has 230 valence electrons. The van der Waals surface area contributed by atoms with E-state index in [1.165, 1.54) is 26.4 Å². The summed E-state index contributed by atoms with van der Waals surface area (Å²) in [4.78, 5) is 40.3. The number of halogens is 1. The van der Waals surface area contributed by atoms with E-state index in [0.29, 0.717) is 45.6 Å². The molecule has 0 radical (unpaired) electrons. The standard InChI is InChI=1S/C32H43IN2O7/c1-3-4-28(38)35(18-32-14-19-7-20(15-32)9-21(8-19)16-32)25-12-23(31(40)34-5-6-36)13-26(29(25)39)42-30-24(33)10-22(17-37)11-27(30)41-2/h10-11,13,17,19-21,25-26,29,36,39H,3-9,12,14-16,18H2,1-2H3,(H,34,40). The van der Waals surface area contributed by atoms with E-state index in [1.807, 2.05) is 11.8 Å². The average molecular weight is 695 g/mol. The lowest BCUT2D eigenvalue weighted by molar-refractivity contribution is -0.147. The summed E-state index contributed by atoms with van der Waals surface area (Å²) in [5.41, 5.74) is 0.886. The van der Waals surface area contributed by atoms with E-state index in [1.54, 1.807) is 18.2 Å². The van der Waals surface area contributed by atoms with Crippen LogP contribution < -0.4 is 14.8 Å². The van der Waals surface area contributed by atoms with Crippen LogP contribution in [0, 0.1) is 26.7 Å². The molecule has 3 N–H and O–H groups in total. The monoisotopic (exact) mass is 694 g/mol. The predicted molar refractivity (Wildman–Crippen MR) is 165 cm³/mol. The lowest BCUT2D eigenvalue weighted by atomic mass is 9.49. The summed E-state index contributed by atoms with van der Waals surface area (Å²) in [6.07, 6.45) is 8.81. The number of aliphatic hydroxyl groups is 2. The quantitative estimate of drug-likeness (QED) is 0.224. The number of amides is 2. The van der Waals surface area contributed by atoms with Crippen LogP contribution in [-0.4, -0.2) is 78.3 Å². The highest BCUT2D eigenvalue weighted by molar-refractivity contribution is 14.1.